The van der Waals surface area contributed by atoms with E-state index >= 15 is 0 Å². The van der Waals surface area contributed by atoms with Crippen molar-refractivity contribution in [2.75, 3.05) is 0 Å². The lowest BCUT2D eigenvalue weighted by atomic mass is 10.2. The highest BCUT2D eigenvalue weighted by Gasteiger charge is 2.14. The van der Waals surface area contributed by atoms with Gasteiger partial charge in [-0.1, -0.05) is 55.4 Å². The normalized spacial score (nSPS) is 11.3. The fraction of sp³-hybridized carbons (Fsp3) is 0.222. The number of hydrogen-bond acceptors (Lipinski definition) is 3. The molecular weight excluding hydrogens is 292 g/mol. The summed E-state index contributed by atoms with van der Waals surface area (Å²) in [4.78, 5) is 17.6. The standard InChI is InChI=1S/C18H18N2OS/c1-12(2)22-18-19-16-7-5-4-6-15(16)17(21)20(18)14-10-8-13(3)9-11-14/h4-12H,1-3H3. The number of rotatable bonds is 3. The summed E-state index contributed by atoms with van der Waals surface area (Å²) < 4.78 is 1.71. The van der Waals surface area contributed by atoms with Crippen molar-refractivity contribution in [3.63, 3.8) is 0 Å². The topological polar surface area (TPSA) is 34.9 Å². The molecule has 0 spiro atoms. The Kier molecular flexibility index (Phi) is 4.03. The minimum atomic E-state index is -0.0161. The summed E-state index contributed by atoms with van der Waals surface area (Å²) in [5.41, 5.74) is 2.76. The Morgan fingerprint density at radius 2 is 1.73 bits per heavy atom. The molecule has 0 aliphatic carbocycles. The van der Waals surface area contributed by atoms with Crippen LogP contribution in [-0.4, -0.2) is 14.8 Å². The first-order valence-electron chi connectivity index (χ1n) is 7.32. The van der Waals surface area contributed by atoms with Crippen LogP contribution in [0.4, 0.5) is 0 Å². The third-order valence-corrected chi connectivity index (χ3v) is 4.33. The number of aryl methyl sites for hydroxylation is 1. The molecule has 0 fully saturated rings. The molecule has 0 N–H and O–H groups in total. The zero-order valence-corrected chi connectivity index (χ0v) is 13.7. The number of thioether (sulfide) groups is 1. The van der Waals surface area contributed by atoms with Crippen LogP contribution in [-0.2, 0) is 0 Å². The number of hydrogen-bond donors (Lipinski definition) is 0. The van der Waals surface area contributed by atoms with E-state index in [1.54, 1.807) is 16.3 Å². The second-order valence-electron chi connectivity index (χ2n) is 5.55. The molecule has 0 aliphatic rings. The van der Waals surface area contributed by atoms with Crippen LogP contribution in [0.25, 0.3) is 16.6 Å². The Morgan fingerprint density at radius 1 is 1.05 bits per heavy atom. The second-order valence-corrected chi connectivity index (χ2v) is 7.10. The first-order valence-corrected chi connectivity index (χ1v) is 8.20. The Balaban J connectivity index is 2.32. The van der Waals surface area contributed by atoms with Crippen LogP contribution < -0.4 is 5.56 Å². The van der Waals surface area contributed by atoms with Crippen molar-refractivity contribution in [1.82, 2.24) is 9.55 Å². The second kappa shape index (κ2) is 5.97. The zero-order valence-electron chi connectivity index (χ0n) is 12.9. The van der Waals surface area contributed by atoms with Crippen molar-refractivity contribution in [3.8, 4) is 5.69 Å². The molecule has 2 aromatic carbocycles. The molecule has 0 saturated heterocycles. The van der Waals surface area contributed by atoms with Gasteiger partial charge in [-0.05, 0) is 31.2 Å². The van der Waals surface area contributed by atoms with Gasteiger partial charge in [0.25, 0.3) is 5.56 Å². The molecule has 112 valence electrons. The van der Waals surface area contributed by atoms with Gasteiger partial charge in [-0.15, -0.1) is 0 Å². The summed E-state index contributed by atoms with van der Waals surface area (Å²) in [6, 6.07) is 15.5. The van der Waals surface area contributed by atoms with Gasteiger partial charge >= 0.3 is 0 Å². The first kappa shape index (κ1) is 14.9. The smallest absolute Gasteiger partial charge is 0.266 e. The van der Waals surface area contributed by atoms with Crippen LogP contribution in [0, 0.1) is 6.92 Å². The molecule has 22 heavy (non-hydrogen) atoms. The molecule has 3 nitrogen and oxygen atoms in total. The molecule has 0 amide bonds. The molecule has 0 saturated carbocycles. The highest BCUT2D eigenvalue weighted by atomic mass is 32.2. The van der Waals surface area contributed by atoms with E-state index in [2.05, 4.69) is 13.8 Å². The van der Waals surface area contributed by atoms with Crippen LogP contribution in [0.15, 0.2) is 58.5 Å². The Labute approximate surface area is 134 Å². The van der Waals surface area contributed by atoms with Gasteiger partial charge in [0, 0.05) is 5.25 Å². The predicted octanol–water partition coefficient (Wildman–Crippen LogP) is 4.19. The largest absolute Gasteiger partial charge is 0.268 e. The van der Waals surface area contributed by atoms with Crippen molar-refractivity contribution < 1.29 is 0 Å². The third kappa shape index (κ3) is 2.79. The molecule has 3 rings (SSSR count). The van der Waals surface area contributed by atoms with Gasteiger partial charge < -0.3 is 0 Å². The lowest BCUT2D eigenvalue weighted by Gasteiger charge is -2.14. The summed E-state index contributed by atoms with van der Waals surface area (Å²) in [7, 11) is 0. The molecule has 0 bridgehead atoms. The number of para-hydroxylation sites is 1. The molecule has 0 unspecified atom stereocenters. The molecule has 0 aliphatic heterocycles. The van der Waals surface area contributed by atoms with E-state index in [1.807, 2.05) is 55.5 Å². The fourth-order valence-electron chi connectivity index (χ4n) is 2.32. The maximum atomic E-state index is 12.9. The average Bonchev–Trinajstić information content (AvgIpc) is 2.48. The van der Waals surface area contributed by atoms with Crippen molar-refractivity contribution in [2.24, 2.45) is 0 Å². The van der Waals surface area contributed by atoms with Crippen molar-refractivity contribution in [3.05, 3.63) is 64.4 Å². The Bertz CT molecular complexity index is 866. The maximum Gasteiger partial charge on any atom is 0.266 e. The van der Waals surface area contributed by atoms with Crippen molar-refractivity contribution in [1.29, 1.82) is 0 Å². The van der Waals surface area contributed by atoms with Gasteiger partial charge in [0.15, 0.2) is 5.16 Å². The summed E-state index contributed by atoms with van der Waals surface area (Å²) in [5, 5.41) is 1.74. The summed E-state index contributed by atoms with van der Waals surface area (Å²) in [5.74, 6) is 0. The van der Waals surface area contributed by atoms with Crippen LogP contribution in [0.1, 0.15) is 19.4 Å². The summed E-state index contributed by atoms with van der Waals surface area (Å²) in [6.07, 6.45) is 0. The minimum absolute atomic E-state index is 0.0161. The lowest BCUT2D eigenvalue weighted by molar-refractivity contribution is 0.815. The van der Waals surface area contributed by atoms with Gasteiger partial charge in [-0.2, -0.15) is 0 Å². The number of benzene rings is 2. The molecule has 3 aromatic rings. The highest BCUT2D eigenvalue weighted by molar-refractivity contribution is 7.99. The average molecular weight is 310 g/mol. The van der Waals surface area contributed by atoms with Gasteiger partial charge in [-0.3, -0.25) is 9.36 Å². The minimum Gasteiger partial charge on any atom is -0.268 e. The molecular formula is C18H18N2OS. The quantitative estimate of drug-likeness (QED) is 0.537. The van der Waals surface area contributed by atoms with E-state index in [-0.39, 0.29) is 5.56 Å². The number of aromatic nitrogens is 2. The Hall–Kier alpha value is -2.07. The maximum absolute atomic E-state index is 12.9. The van der Waals surface area contributed by atoms with Gasteiger partial charge in [-0.25, -0.2) is 4.98 Å². The monoisotopic (exact) mass is 310 g/mol. The molecule has 4 heteroatoms. The van der Waals surface area contributed by atoms with E-state index in [1.165, 1.54) is 5.56 Å². The molecule has 0 atom stereocenters. The highest BCUT2D eigenvalue weighted by Crippen LogP contribution is 2.24. The van der Waals surface area contributed by atoms with Crippen LogP contribution in [0.2, 0.25) is 0 Å². The zero-order chi connectivity index (χ0) is 15.7. The number of nitrogens with zero attached hydrogens (tertiary/aromatic N) is 2. The van der Waals surface area contributed by atoms with Crippen molar-refractivity contribution >= 4 is 22.7 Å². The third-order valence-electron chi connectivity index (χ3n) is 3.38. The summed E-state index contributed by atoms with van der Waals surface area (Å²) in [6.45, 7) is 6.24. The number of fused-ring (bicyclic) bond motifs is 1. The molecule has 0 radical (unpaired) electrons. The van der Waals surface area contributed by atoms with E-state index in [9.17, 15) is 4.79 Å². The van der Waals surface area contributed by atoms with Crippen molar-refractivity contribution in [2.45, 2.75) is 31.2 Å². The first-order chi connectivity index (χ1) is 10.6. The summed E-state index contributed by atoms with van der Waals surface area (Å²) >= 11 is 1.60. The van der Waals surface area contributed by atoms with E-state index in [4.69, 9.17) is 4.98 Å². The SMILES string of the molecule is Cc1ccc(-n2c(SC(C)C)nc3ccccc3c2=O)cc1. The lowest BCUT2D eigenvalue weighted by Crippen LogP contribution is -2.22. The van der Waals surface area contributed by atoms with E-state index in [0.29, 0.717) is 10.6 Å². The Morgan fingerprint density at radius 3 is 2.41 bits per heavy atom. The predicted molar refractivity (Wildman–Crippen MR) is 93.1 cm³/mol. The molecule has 1 aromatic heterocycles. The molecule has 1 heterocycles. The van der Waals surface area contributed by atoms with E-state index in [0.717, 1.165) is 16.4 Å². The van der Waals surface area contributed by atoms with Gasteiger partial charge in [0.1, 0.15) is 0 Å². The van der Waals surface area contributed by atoms with E-state index < -0.39 is 0 Å². The van der Waals surface area contributed by atoms with Crippen LogP contribution in [0.5, 0.6) is 0 Å². The fourth-order valence-corrected chi connectivity index (χ4v) is 3.19. The van der Waals surface area contributed by atoms with Gasteiger partial charge in [0.2, 0.25) is 0 Å². The van der Waals surface area contributed by atoms with Crippen LogP contribution >= 0.6 is 11.8 Å². The van der Waals surface area contributed by atoms with Gasteiger partial charge in [0.05, 0.1) is 16.6 Å². The van der Waals surface area contributed by atoms with Crippen LogP contribution in [0.3, 0.4) is 0 Å².